The van der Waals surface area contributed by atoms with E-state index in [-0.39, 0.29) is 11.5 Å². The molecule has 0 saturated carbocycles. The first-order valence-corrected chi connectivity index (χ1v) is 11.7. The maximum absolute atomic E-state index is 13.5. The highest BCUT2D eigenvalue weighted by Gasteiger charge is 2.17. The minimum Gasteiger partial charge on any atom is -0.457 e. The van der Waals surface area contributed by atoms with E-state index in [1.54, 1.807) is 66.9 Å². The van der Waals surface area contributed by atoms with Crippen molar-refractivity contribution in [2.45, 2.75) is 0 Å². The number of hydrogen-bond acceptors (Lipinski definition) is 5. The van der Waals surface area contributed by atoms with Gasteiger partial charge in [0.05, 0.1) is 4.92 Å². The molecule has 0 fully saturated rings. The number of nitro benzene ring substituents is 1. The van der Waals surface area contributed by atoms with E-state index in [2.05, 4.69) is 10.4 Å². The summed E-state index contributed by atoms with van der Waals surface area (Å²) < 4.78 is 20.4. The second kappa shape index (κ2) is 10.5. The minimum atomic E-state index is -0.502. The molecule has 0 aliphatic rings. The van der Waals surface area contributed by atoms with Gasteiger partial charge in [-0.25, -0.2) is 9.18 Å². The molecular formula is C28H18ClFN4O4. The average Bonchev–Trinajstić information content (AvgIpc) is 3.37. The summed E-state index contributed by atoms with van der Waals surface area (Å²) in [7, 11) is 0. The molecule has 0 radical (unpaired) electrons. The van der Waals surface area contributed by atoms with Gasteiger partial charge in [-0.05, 0) is 66.2 Å². The summed E-state index contributed by atoms with van der Waals surface area (Å²) in [4.78, 5) is 23.3. The highest BCUT2D eigenvalue weighted by molar-refractivity contribution is 6.30. The average molecular weight is 529 g/mol. The number of amides is 1. The molecule has 1 N–H and O–H groups in total. The van der Waals surface area contributed by atoms with E-state index in [9.17, 15) is 19.3 Å². The van der Waals surface area contributed by atoms with Gasteiger partial charge in [-0.15, -0.1) is 0 Å². The third kappa shape index (κ3) is 5.53. The van der Waals surface area contributed by atoms with Crippen LogP contribution in [0.3, 0.4) is 0 Å². The zero-order valence-electron chi connectivity index (χ0n) is 19.5. The largest absolute Gasteiger partial charge is 0.457 e. The van der Waals surface area contributed by atoms with Gasteiger partial charge >= 0.3 is 6.03 Å². The lowest BCUT2D eigenvalue weighted by atomic mass is 10.0. The number of carbonyl (C=O) groups is 1. The zero-order valence-corrected chi connectivity index (χ0v) is 20.3. The molecule has 5 rings (SSSR count). The van der Waals surface area contributed by atoms with Crippen molar-refractivity contribution in [3.8, 4) is 33.9 Å². The van der Waals surface area contributed by atoms with E-state index in [0.717, 1.165) is 5.56 Å². The number of anilines is 1. The van der Waals surface area contributed by atoms with Gasteiger partial charge in [0.25, 0.3) is 5.69 Å². The molecule has 0 unspecified atom stereocenters. The number of halogens is 2. The van der Waals surface area contributed by atoms with E-state index in [1.807, 2.05) is 0 Å². The van der Waals surface area contributed by atoms with Crippen molar-refractivity contribution in [1.82, 2.24) is 9.78 Å². The van der Waals surface area contributed by atoms with Crippen molar-refractivity contribution >= 4 is 29.0 Å². The van der Waals surface area contributed by atoms with E-state index >= 15 is 0 Å². The number of nitrogens with one attached hydrogen (secondary N) is 1. The fourth-order valence-electron chi connectivity index (χ4n) is 3.70. The van der Waals surface area contributed by atoms with Crippen LogP contribution >= 0.6 is 11.6 Å². The molecule has 1 aromatic heterocycles. The number of hydrogen-bond donors (Lipinski definition) is 1. The second-order valence-corrected chi connectivity index (χ2v) is 8.59. The van der Waals surface area contributed by atoms with Crippen molar-refractivity contribution in [2.75, 3.05) is 5.32 Å². The summed E-state index contributed by atoms with van der Waals surface area (Å²) in [6, 6.07) is 24.8. The molecule has 188 valence electrons. The summed E-state index contributed by atoms with van der Waals surface area (Å²) in [5, 5.41) is 18.6. The van der Waals surface area contributed by atoms with E-state index < -0.39 is 11.0 Å². The van der Waals surface area contributed by atoms with Gasteiger partial charge in [-0.2, -0.15) is 9.78 Å². The Morgan fingerprint density at radius 2 is 1.45 bits per heavy atom. The van der Waals surface area contributed by atoms with Crippen LogP contribution in [0, 0.1) is 15.9 Å². The second-order valence-electron chi connectivity index (χ2n) is 8.16. The lowest BCUT2D eigenvalue weighted by molar-refractivity contribution is -0.384. The summed E-state index contributed by atoms with van der Waals surface area (Å²) in [6.07, 6.45) is 1.58. The minimum absolute atomic E-state index is 0.0316. The van der Waals surface area contributed by atoms with E-state index in [0.29, 0.717) is 39.0 Å². The Balaban J connectivity index is 1.35. The number of nitro groups is 1. The molecule has 0 aliphatic carbocycles. The molecule has 8 nitrogen and oxygen atoms in total. The Morgan fingerprint density at radius 1 is 0.868 bits per heavy atom. The molecule has 0 atom stereocenters. The number of rotatable bonds is 6. The van der Waals surface area contributed by atoms with Gasteiger partial charge in [0.2, 0.25) is 0 Å². The molecule has 0 spiro atoms. The van der Waals surface area contributed by atoms with Gasteiger partial charge in [0, 0.05) is 40.2 Å². The lowest BCUT2D eigenvalue weighted by Gasteiger charge is -2.08. The molecule has 0 bridgehead atoms. The normalized spacial score (nSPS) is 10.7. The molecule has 0 saturated heterocycles. The highest BCUT2D eigenvalue weighted by Crippen LogP contribution is 2.32. The van der Waals surface area contributed by atoms with Gasteiger partial charge in [-0.3, -0.25) is 10.1 Å². The topological polar surface area (TPSA) is 99.3 Å². The number of carbonyl (C=O) groups excluding carboxylic acids is 1. The van der Waals surface area contributed by atoms with Crippen LogP contribution < -0.4 is 10.1 Å². The Kier molecular flexibility index (Phi) is 6.84. The quantitative estimate of drug-likeness (QED) is 0.179. The fourth-order valence-corrected chi connectivity index (χ4v) is 3.82. The van der Waals surface area contributed by atoms with Gasteiger partial charge < -0.3 is 10.1 Å². The number of benzene rings is 4. The molecule has 5 aromatic rings. The van der Waals surface area contributed by atoms with Crippen LogP contribution in [0.25, 0.3) is 22.4 Å². The molecule has 38 heavy (non-hydrogen) atoms. The maximum atomic E-state index is 13.5. The highest BCUT2D eigenvalue weighted by atomic mass is 35.5. The summed E-state index contributed by atoms with van der Waals surface area (Å²) in [5.74, 6) is 0.555. The van der Waals surface area contributed by atoms with Crippen LogP contribution in [0.4, 0.5) is 20.6 Å². The van der Waals surface area contributed by atoms with Crippen LogP contribution in [0.15, 0.2) is 103 Å². The standard InChI is InChI=1S/C28H18ClFN4O4/c29-20-5-1-19(2-6-20)27-26(18-3-7-21(30)8-4-18)17-33(32-27)28(35)31-22-9-13-24(14-10-22)38-25-15-11-23(12-16-25)34(36)37/h1-17H,(H,31,35). The Bertz CT molecular complexity index is 1540. The molecule has 10 heteroatoms. The lowest BCUT2D eigenvalue weighted by Crippen LogP contribution is -2.19. The smallest absolute Gasteiger partial charge is 0.346 e. The molecule has 0 aliphatic heterocycles. The van der Waals surface area contributed by atoms with Crippen LogP contribution in [-0.2, 0) is 0 Å². The number of nitrogens with zero attached hydrogens (tertiary/aromatic N) is 3. The van der Waals surface area contributed by atoms with Gasteiger partial charge in [0.15, 0.2) is 0 Å². The van der Waals surface area contributed by atoms with Crippen LogP contribution in [0.5, 0.6) is 11.5 Å². The van der Waals surface area contributed by atoms with Crippen molar-refractivity contribution in [3.05, 3.63) is 124 Å². The van der Waals surface area contributed by atoms with Crippen LogP contribution in [-0.4, -0.2) is 20.7 Å². The van der Waals surface area contributed by atoms with Crippen LogP contribution in [0.2, 0.25) is 5.02 Å². The Labute approximate surface area is 221 Å². The van der Waals surface area contributed by atoms with E-state index in [4.69, 9.17) is 16.3 Å². The monoisotopic (exact) mass is 528 g/mol. The van der Waals surface area contributed by atoms with Crippen LogP contribution in [0.1, 0.15) is 0 Å². The first-order valence-electron chi connectivity index (χ1n) is 11.3. The Morgan fingerprint density at radius 3 is 2.05 bits per heavy atom. The third-order valence-electron chi connectivity index (χ3n) is 5.58. The summed E-state index contributed by atoms with van der Waals surface area (Å²) >= 11 is 6.03. The SMILES string of the molecule is O=C(Nc1ccc(Oc2ccc([N+](=O)[O-])cc2)cc1)n1cc(-c2ccc(F)cc2)c(-c2ccc(Cl)cc2)n1. The molecule has 4 aromatic carbocycles. The molecule has 1 amide bonds. The fraction of sp³-hybridized carbons (Fsp3) is 0. The first-order chi connectivity index (χ1) is 18.4. The van der Waals surface area contributed by atoms with Crippen molar-refractivity contribution < 1.29 is 18.8 Å². The molecular weight excluding hydrogens is 511 g/mol. The summed E-state index contributed by atoms with van der Waals surface area (Å²) in [5.41, 5.74) is 3.09. The Hall–Kier alpha value is -5.02. The zero-order chi connectivity index (χ0) is 26.6. The molecule has 1 heterocycles. The number of ether oxygens (including phenoxy) is 1. The number of non-ortho nitro benzene ring substituents is 1. The van der Waals surface area contributed by atoms with Gasteiger partial charge in [0.1, 0.15) is 23.0 Å². The van der Waals surface area contributed by atoms with Gasteiger partial charge in [-0.1, -0.05) is 35.9 Å². The third-order valence-corrected chi connectivity index (χ3v) is 5.84. The van der Waals surface area contributed by atoms with E-state index in [1.165, 1.54) is 41.1 Å². The first kappa shape index (κ1) is 24.7. The maximum Gasteiger partial charge on any atom is 0.346 e. The van der Waals surface area contributed by atoms with Crippen molar-refractivity contribution in [1.29, 1.82) is 0 Å². The van der Waals surface area contributed by atoms with Crippen molar-refractivity contribution in [2.24, 2.45) is 0 Å². The predicted molar refractivity (Wildman–Crippen MR) is 142 cm³/mol. The number of aromatic nitrogens is 2. The predicted octanol–water partition coefficient (Wildman–Crippen LogP) is 7.79. The van der Waals surface area contributed by atoms with Crippen molar-refractivity contribution in [3.63, 3.8) is 0 Å². The summed E-state index contributed by atoms with van der Waals surface area (Å²) in [6.45, 7) is 0.